The van der Waals surface area contributed by atoms with Gasteiger partial charge >= 0.3 is 6.18 Å². The average molecular weight is 362 g/mol. The van der Waals surface area contributed by atoms with E-state index in [4.69, 9.17) is 0 Å². The van der Waals surface area contributed by atoms with Crippen molar-refractivity contribution in [2.75, 3.05) is 0 Å². The lowest BCUT2D eigenvalue weighted by Gasteiger charge is -2.09. The molecule has 110 valence electrons. The van der Waals surface area contributed by atoms with E-state index >= 15 is 0 Å². The Morgan fingerprint density at radius 2 is 1.90 bits per heavy atom. The molecule has 0 N–H and O–H groups in total. The van der Waals surface area contributed by atoms with Gasteiger partial charge in [-0.2, -0.15) is 13.2 Å². The Hall–Kier alpha value is -1.76. The van der Waals surface area contributed by atoms with Gasteiger partial charge in [0, 0.05) is 28.9 Å². The van der Waals surface area contributed by atoms with Crippen molar-refractivity contribution in [3.8, 4) is 0 Å². The van der Waals surface area contributed by atoms with E-state index in [9.17, 15) is 22.4 Å². The summed E-state index contributed by atoms with van der Waals surface area (Å²) in [5.74, 6) is -1.94. The molecule has 0 fully saturated rings. The molecule has 0 radical (unpaired) electrons. The first-order valence-electron chi connectivity index (χ1n) is 5.77. The van der Waals surface area contributed by atoms with Crippen LogP contribution in [0.15, 0.2) is 41.1 Å². The summed E-state index contributed by atoms with van der Waals surface area (Å²) in [7, 11) is 0. The second-order valence-corrected chi connectivity index (χ2v) is 5.22. The lowest BCUT2D eigenvalue weighted by atomic mass is 10.0. The molecule has 0 bridgehead atoms. The molecule has 0 atom stereocenters. The van der Waals surface area contributed by atoms with Crippen LogP contribution in [0.4, 0.5) is 17.6 Å². The van der Waals surface area contributed by atoms with Crippen molar-refractivity contribution in [2.45, 2.75) is 12.6 Å². The van der Waals surface area contributed by atoms with Crippen molar-refractivity contribution in [2.24, 2.45) is 0 Å². The Kier molecular flexibility index (Phi) is 4.41. The lowest BCUT2D eigenvalue weighted by molar-refractivity contribution is -0.140. The van der Waals surface area contributed by atoms with Crippen LogP contribution in [0, 0.1) is 5.82 Å². The predicted molar refractivity (Wildman–Crippen MR) is 71.4 cm³/mol. The maximum absolute atomic E-state index is 13.2. The van der Waals surface area contributed by atoms with Crippen LogP contribution in [-0.4, -0.2) is 10.8 Å². The van der Waals surface area contributed by atoms with Crippen LogP contribution in [0.5, 0.6) is 0 Å². The molecule has 7 heteroatoms. The highest BCUT2D eigenvalue weighted by Crippen LogP contribution is 2.32. The maximum Gasteiger partial charge on any atom is 0.419 e. The first-order chi connectivity index (χ1) is 9.77. The van der Waals surface area contributed by atoms with Crippen LogP contribution in [0.1, 0.15) is 21.5 Å². The zero-order valence-corrected chi connectivity index (χ0v) is 12.0. The number of pyridine rings is 1. The van der Waals surface area contributed by atoms with Gasteiger partial charge in [-0.25, -0.2) is 4.39 Å². The summed E-state index contributed by atoms with van der Waals surface area (Å²) in [5, 5.41) is 0. The topological polar surface area (TPSA) is 30.0 Å². The van der Waals surface area contributed by atoms with Gasteiger partial charge in [-0.3, -0.25) is 9.78 Å². The molecule has 0 saturated heterocycles. The van der Waals surface area contributed by atoms with Gasteiger partial charge in [-0.1, -0.05) is 0 Å². The number of alkyl halides is 3. The molecule has 2 aromatic rings. The molecular formula is C14H8BrF4NO. The molecule has 0 saturated carbocycles. The smallest absolute Gasteiger partial charge is 0.294 e. The Labute approximate surface area is 125 Å². The lowest BCUT2D eigenvalue weighted by Crippen LogP contribution is -2.11. The van der Waals surface area contributed by atoms with Crippen molar-refractivity contribution in [3.63, 3.8) is 0 Å². The van der Waals surface area contributed by atoms with Crippen LogP contribution in [0.25, 0.3) is 0 Å². The molecule has 21 heavy (non-hydrogen) atoms. The minimum atomic E-state index is -4.84. The SMILES string of the molecule is O=C(Cc1cncc(Br)c1)c1ccc(F)c(C(F)(F)F)c1. The van der Waals surface area contributed by atoms with E-state index in [0.29, 0.717) is 22.2 Å². The number of hydrogen-bond donors (Lipinski definition) is 0. The van der Waals surface area contributed by atoms with Gasteiger partial charge < -0.3 is 0 Å². The first kappa shape index (κ1) is 15.6. The molecule has 1 aromatic heterocycles. The first-order valence-corrected chi connectivity index (χ1v) is 6.56. The number of carbonyl (C=O) groups excluding carboxylic acids is 1. The summed E-state index contributed by atoms with van der Waals surface area (Å²) in [6.07, 6.45) is -1.99. The van der Waals surface area contributed by atoms with Gasteiger partial charge in [-0.05, 0) is 45.8 Å². The molecule has 0 aliphatic heterocycles. The Morgan fingerprint density at radius 1 is 1.19 bits per heavy atom. The molecule has 1 aromatic carbocycles. The minimum Gasteiger partial charge on any atom is -0.294 e. The van der Waals surface area contributed by atoms with E-state index < -0.39 is 23.3 Å². The number of benzene rings is 1. The molecule has 0 amide bonds. The third-order valence-corrected chi connectivity index (χ3v) is 3.15. The Balaban J connectivity index is 2.28. The van der Waals surface area contributed by atoms with Gasteiger partial charge in [0.05, 0.1) is 5.56 Å². The van der Waals surface area contributed by atoms with Crippen LogP contribution in [0.2, 0.25) is 0 Å². The fraction of sp³-hybridized carbons (Fsp3) is 0.143. The molecular weight excluding hydrogens is 354 g/mol. The van der Waals surface area contributed by atoms with E-state index in [1.165, 1.54) is 12.4 Å². The number of nitrogens with zero attached hydrogens (tertiary/aromatic N) is 1. The number of rotatable bonds is 3. The van der Waals surface area contributed by atoms with Gasteiger partial charge in [0.2, 0.25) is 0 Å². The third-order valence-electron chi connectivity index (χ3n) is 2.72. The monoisotopic (exact) mass is 361 g/mol. The average Bonchev–Trinajstić information content (AvgIpc) is 2.37. The van der Waals surface area contributed by atoms with Crippen molar-refractivity contribution in [1.29, 1.82) is 0 Å². The summed E-state index contributed by atoms with van der Waals surface area (Å²) in [5.41, 5.74) is -1.09. The van der Waals surface area contributed by atoms with Crippen LogP contribution in [-0.2, 0) is 12.6 Å². The van der Waals surface area contributed by atoms with E-state index in [-0.39, 0.29) is 12.0 Å². The largest absolute Gasteiger partial charge is 0.419 e. The zero-order valence-electron chi connectivity index (χ0n) is 10.4. The molecule has 1 heterocycles. The predicted octanol–water partition coefficient (Wildman–Crippen LogP) is 4.43. The standard InChI is InChI=1S/C14H8BrF4NO/c15-10-3-8(6-20-7-10)4-13(21)9-1-2-12(16)11(5-9)14(17,18)19/h1-3,5-7H,4H2. The highest BCUT2D eigenvalue weighted by Gasteiger charge is 2.34. The zero-order chi connectivity index (χ0) is 15.6. The van der Waals surface area contributed by atoms with Gasteiger partial charge in [0.15, 0.2) is 5.78 Å². The quantitative estimate of drug-likeness (QED) is 0.598. The van der Waals surface area contributed by atoms with Gasteiger partial charge in [0.25, 0.3) is 0 Å². The normalized spacial score (nSPS) is 11.5. The molecule has 2 nitrogen and oxygen atoms in total. The number of carbonyl (C=O) groups is 1. The van der Waals surface area contributed by atoms with Crippen molar-refractivity contribution < 1.29 is 22.4 Å². The van der Waals surface area contributed by atoms with E-state index in [1.807, 2.05) is 0 Å². The highest BCUT2D eigenvalue weighted by atomic mass is 79.9. The number of Topliss-reactive ketones (excluding diaryl/α,β-unsaturated/α-hetero) is 1. The number of ketones is 1. The van der Waals surface area contributed by atoms with Gasteiger partial charge in [0.1, 0.15) is 5.82 Å². The van der Waals surface area contributed by atoms with Crippen LogP contribution >= 0.6 is 15.9 Å². The second kappa shape index (κ2) is 5.93. The molecule has 0 spiro atoms. The molecule has 2 rings (SSSR count). The second-order valence-electron chi connectivity index (χ2n) is 4.30. The van der Waals surface area contributed by atoms with Crippen LogP contribution < -0.4 is 0 Å². The maximum atomic E-state index is 13.2. The summed E-state index contributed by atoms with van der Waals surface area (Å²) < 4.78 is 51.6. The van der Waals surface area contributed by atoms with E-state index in [2.05, 4.69) is 20.9 Å². The van der Waals surface area contributed by atoms with E-state index in [0.717, 1.165) is 6.07 Å². The summed E-state index contributed by atoms with van der Waals surface area (Å²) >= 11 is 3.18. The highest BCUT2D eigenvalue weighted by molar-refractivity contribution is 9.10. The van der Waals surface area contributed by atoms with Crippen molar-refractivity contribution in [1.82, 2.24) is 4.98 Å². The number of hydrogen-bond acceptors (Lipinski definition) is 2. The Bertz CT molecular complexity index is 685. The fourth-order valence-corrected chi connectivity index (χ4v) is 2.17. The van der Waals surface area contributed by atoms with Crippen molar-refractivity contribution in [3.05, 3.63) is 63.6 Å². The number of halogens is 5. The fourth-order valence-electron chi connectivity index (χ4n) is 1.76. The van der Waals surface area contributed by atoms with E-state index in [1.54, 1.807) is 6.07 Å². The number of aromatic nitrogens is 1. The third kappa shape index (κ3) is 3.87. The molecule has 0 unspecified atom stereocenters. The summed E-state index contributed by atoms with van der Waals surface area (Å²) in [6, 6.07) is 3.86. The van der Waals surface area contributed by atoms with Gasteiger partial charge in [-0.15, -0.1) is 0 Å². The molecule has 0 aliphatic rings. The summed E-state index contributed by atoms with van der Waals surface area (Å²) in [6.45, 7) is 0. The molecule has 0 aliphatic carbocycles. The minimum absolute atomic E-state index is 0.116. The van der Waals surface area contributed by atoms with Crippen LogP contribution in [0.3, 0.4) is 0 Å². The summed E-state index contributed by atoms with van der Waals surface area (Å²) in [4.78, 5) is 15.8. The Morgan fingerprint density at radius 3 is 2.52 bits per heavy atom. The van der Waals surface area contributed by atoms with Crippen molar-refractivity contribution >= 4 is 21.7 Å².